The van der Waals surface area contributed by atoms with Gasteiger partial charge >= 0.3 is 0 Å². The van der Waals surface area contributed by atoms with Crippen LogP contribution in [-0.4, -0.2) is 24.2 Å². The Morgan fingerprint density at radius 1 is 1.10 bits per heavy atom. The van der Waals surface area contributed by atoms with Crippen LogP contribution in [0.2, 0.25) is 0 Å². The van der Waals surface area contributed by atoms with Crippen molar-refractivity contribution in [3.63, 3.8) is 0 Å². The smallest absolute Gasteiger partial charge is 0.200 e. The summed E-state index contributed by atoms with van der Waals surface area (Å²) in [7, 11) is -1.24. The largest absolute Gasteiger partial charge is 0.463 e. The molecule has 2 aromatic carbocycles. The molecule has 0 aliphatic rings. The average molecular weight is 418 g/mol. The van der Waals surface area contributed by atoms with Gasteiger partial charge in [0, 0.05) is 25.1 Å². The van der Waals surface area contributed by atoms with Crippen molar-refractivity contribution >= 4 is 20.8 Å². The molecule has 0 fully saturated rings. The van der Waals surface area contributed by atoms with Crippen LogP contribution in [0.3, 0.4) is 0 Å². The summed E-state index contributed by atoms with van der Waals surface area (Å²) < 4.78 is 30.4. The third-order valence-electron chi connectivity index (χ3n) is 4.51. The Morgan fingerprint density at radius 2 is 1.87 bits per heavy atom. The van der Waals surface area contributed by atoms with E-state index in [2.05, 4.69) is 16.8 Å². The van der Waals surface area contributed by atoms with Crippen LogP contribution in [0.4, 0.5) is 0 Å². The van der Waals surface area contributed by atoms with Crippen LogP contribution in [0, 0.1) is 11.8 Å². The third-order valence-corrected chi connectivity index (χ3v) is 5.37. The monoisotopic (exact) mass is 418 g/mol. The number of fused-ring (bicyclic) bond motifs is 1. The topological polar surface area (TPSA) is 82.2 Å². The van der Waals surface area contributed by atoms with Crippen LogP contribution in [0.15, 0.2) is 70.5 Å². The first-order chi connectivity index (χ1) is 14.3. The number of imidazole rings is 1. The summed E-state index contributed by atoms with van der Waals surface area (Å²) in [6, 6.07) is 12.1. The quantitative estimate of drug-likeness (QED) is 0.478. The summed E-state index contributed by atoms with van der Waals surface area (Å²) in [6.45, 7) is 0. The van der Waals surface area contributed by atoms with Gasteiger partial charge in [0.05, 0.1) is 23.0 Å². The Bertz CT molecular complexity index is 1470. The van der Waals surface area contributed by atoms with Gasteiger partial charge < -0.3 is 8.98 Å². The second-order valence-corrected chi connectivity index (χ2v) is 9.27. The minimum atomic E-state index is -3.11. The summed E-state index contributed by atoms with van der Waals surface area (Å²) >= 11 is 0. The van der Waals surface area contributed by atoms with Gasteiger partial charge in [-0.1, -0.05) is 30.2 Å². The van der Waals surface area contributed by atoms with Crippen molar-refractivity contribution in [2.24, 2.45) is 7.05 Å². The molecule has 0 unspecified atom stereocenters. The fourth-order valence-electron chi connectivity index (χ4n) is 3.10. The Labute approximate surface area is 173 Å². The highest BCUT2D eigenvalue weighted by Crippen LogP contribution is 2.21. The molecule has 2 heterocycles. The molecule has 0 saturated heterocycles. The molecular formula is C23H18N2O4S. The first-order valence-electron chi connectivity index (χ1n) is 9.11. The highest BCUT2D eigenvalue weighted by Gasteiger charge is 2.11. The number of benzene rings is 2. The van der Waals surface area contributed by atoms with Crippen molar-refractivity contribution in [3.05, 3.63) is 88.3 Å². The average Bonchev–Trinajstić information content (AvgIpc) is 3.11. The molecule has 0 N–H and O–H groups in total. The van der Waals surface area contributed by atoms with E-state index in [4.69, 9.17) is 4.42 Å². The van der Waals surface area contributed by atoms with E-state index in [-0.39, 0.29) is 11.2 Å². The molecule has 0 bridgehead atoms. The third kappa shape index (κ3) is 4.34. The molecule has 0 aliphatic heterocycles. The lowest BCUT2D eigenvalue weighted by Gasteiger charge is -2.05. The zero-order valence-corrected chi connectivity index (χ0v) is 17.2. The molecule has 2 aromatic heterocycles. The van der Waals surface area contributed by atoms with Gasteiger partial charge in [0.15, 0.2) is 15.3 Å². The minimum Gasteiger partial charge on any atom is -0.463 e. The highest BCUT2D eigenvalue weighted by molar-refractivity contribution is 7.89. The van der Waals surface area contributed by atoms with E-state index in [9.17, 15) is 13.2 Å². The lowest BCUT2D eigenvalue weighted by molar-refractivity contribution is 0.601. The highest BCUT2D eigenvalue weighted by atomic mass is 32.2. The van der Waals surface area contributed by atoms with Crippen molar-refractivity contribution in [3.8, 4) is 23.0 Å². The lowest BCUT2D eigenvalue weighted by atomic mass is 10.0. The maximum Gasteiger partial charge on any atom is 0.200 e. The molecule has 0 spiro atoms. The molecule has 6 nitrogen and oxygen atoms in total. The standard InChI is InChI=1S/C23H18N2O4S/c1-25-12-19(24-15-25)9-5-16-6-10-20-22(11-16)29-13-21(23(20)26)18-7-3-17(4-8-18)14-30(2,27)28/h3-4,6-8,10-13,15H,14H2,1-2H3. The minimum absolute atomic E-state index is 0.0398. The SMILES string of the molecule is Cn1cnc(C#Cc2ccc3c(=O)c(-c4ccc(CS(C)(=O)=O)cc4)coc3c2)c1. The van der Waals surface area contributed by atoms with E-state index in [0.717, 1.165) is 0 Å². The molecule has 4 aromatic rings. The number of sulfone groups is 1. The van der Waals surface area contributed by atoms with E-state index in [0.29, 0.717) is 38.9 Å². The van der Waals surface area contributed by atoms with Gasteiger partial charge in [0.25, 0.3) is 0 Å². The Kier molecular flexibility index (Phi) is 5.02. The van der Waals surface area contributed by atoms with Crippen LogP contribution < -0.4 is 5.43 Å². The van der Waals surface area contributed by atoms with Gasteiger partial charge in [-0.05, 0) is 35.2 Å². The van der Waals surface area contributed by atoms with Gasteiger partial charge in [0.1, 0.15) is 17.5 Å². The number of rotatable bonds is 3. The molecule has 0 atom stereocenters. The van der Waals surface area contributed by atoms with Crippen molar-refractivity contribution in [2.75, 3.05) is 6.26 Å². The molecule has 0 amide bonds. The molecule has 0 radical (unpaired) electrons. The van der Waals surface area contributed by atoms with Gasteiger partial charge in [0.2, 0.25) is 0 Å². The van der Waals surface area contributed by atoms with E-state index >= 15 is 0 Å². The molecule has 0 saturated carbocycles. The Hall–Kier alpha value is -3.63. The Balaban J connectivity index is 1.66. The molecule has 4 rings (SSSR count). The molecule has 0 aliphatic carbocycles. The fraction of sp³-hybridized carbons (Fsp3) is 0.130. The molecular weight excluding hydrogens is 400 g/mol. The maximum absolute atomic E-state index is 12.9. The van der Waals surface area contributed by atoms with Crippen LogP contribution >= 0.6 is 0 Å². The maximum atomic E-state index is 12.9. The zero-order valence-electron chi connectivity index (χ0n) is 16.4. The second-order valence-electron chi connectivity index (χ2n) is 7.13. The summed E-state index contributed by atoms with van der Waals surface area (Å²) in [6.07, 6.45) is 6.11. The number of aromatic nitrogens is 2. The van der Waals surface area contributed by atoms with Crippen molar-refractivity contribution in [1.82, 2.24) is 9.55 Å². The lowest BCUT2D eigenvalue weighted by Crippen LogP contribution is -2.05. The van der Waals surface area contributed by atoms with Crippen LogP contribution in [-0.2, 0) is 22.6 Å². The first kappa shape index (κ1) is 19.7. The predicted molar refractivity (Wildman–Crippen MR) is 116 cm³/mol. The summed E-state index contributed by atoms with van der Waals surface area (Å²) in [5.41, 5.74) is 3.43. The van der Waals surface area contributed by atoms with Gasteiger partial charge in [-0.25, -0.2) is 13.4 Å². The number of hydrogen-bond acceptors (Lipinski definition) is 5. The summed E-state index contributed by atoms with van der Waals surface area (Å²) in [5, 5.41) is 0.455. The number of aryl methyl sites for hydroxylation is 1. The fourth-order valence-corrected chi connectivity index (χ4v) is 3.90. The van der Waals surface area contributed by atoms with Gasteiger partial charge in [-0.3, -0.25) is 4.79 Å². The molecule has 7 heteroatoms. The zero-order chi connectivity index (χ0) is 21.3. The van der Waals surface area contributed by atoms with E-state index in [1.807, 2.05) is 17.8 Å². The van der Waals surface area contributed by atoms with Crippen molar-refractivity contribution < 1.29 is 12.8 Å². The van der Waals surface area contributed by atoms with Crippen LogP contribution in [0.1, 0.15) is 16.8 Å². The van der Waals surface area contributed by atoms with Crippen molar-refractivity contribution in [2.45, 2.75) is 5.75 Å². The Morgan fingerprint density at radius 3 is 2.53 bits per heavy atom. The molecule has 150 valence electrons. The van der Waals surface area contributed by atoms with Crippen molar-refractivity contribution in [1.29, 1.82) is 0 Å². The van der Waals surface area contributed by atoms with E-state index in [1.165, 1.54) is 12.5 Å². The number of hydrogen-bond donors (Lipinski definition) is 0. The van der Waals surface area contributed by atoms with Gasteiger partial charge in [-0.15, -0.1) is 0 Å². The van der Waals surface area contributed by atoms with Crippen LogP contribution in [0.5, 0.6) is 0 Å². The first-order valence-corrected chi connectivity index (χ1v) is 11.2. The summed E-state index contributed by atoms with van der Waals surface area (Å²) in [4.78, 5) is 17.1. The second kappa shape index (κ2) is 7.65. The van der Waals surface area contributed by atoms with E-state index in [1.54, 1.807) is 48.8 Å². The normalized spacial score (nSPS) is 11.3. The number of nitrogens with zero attached hydrogens (tertiary/aromatic N) is 2. The van der Waals surface area contributed by atoms with E-state index < -0.39 is 9.84 Å². The molecule has 30 heavy (non-hydrogen) atoms. The summed E-state index contributed by atoms with van der Waals surface area (Å²) in [5.74, 6) is 5.96. The predicted octanol–water partition coefficient (Wildman–Crippen LogP) is 3.14. The van der Waals surface area contributed by atoms with Crippen LogP contribution in [0.25, 0.3) is 22.1 Å². The van der Waals surface area contributed by atoms with Gasteiger partial charge in [-0.2, -0.15) is 0 Å².